The monoisotopic (exact) mass is 341 g/mol. The van der Waals surface area contributed by atoms with Crippen molar-refractivity contribution in [3.8, 4) is 11.5 Å². The Morgan fingerprint density at radius 1 is 1.04 bits per heavy atom. The molecule has 1 N–H and O–H groups in total. The lowest BCUT2D eigenvalue weighted by Crippen LogP contribution is -2.24. The molecular weight excluding hydrogens is 314 g/mol. The zero-order chi connectivity index (χ0) is 17.9. The first-order valence-corrected chi connectivity index (χ1v) is 8.76. The summed E-state index contributed by atoms with van der Waals surface area (Å²) in [6.45, 7) is 3.29. The third-order valence-corrected chi connectivity index (χ3v) is 3.94. The standard InChI is InChI=1S/C21H27NO3/c1-17-10-12-19(13-11-17)25-15-5-9-21(23)22-14-4-7-18-6-3-8-20(16-18)24-2/h3,6,8,10-13,16H,4-5,7,9,14-15H2,1-2H3,(H,22,23). The normalized spacial score (nSPS) is 10.3. The summed E-state index contributed by atoms with van der Waals surface area (Å²) in [5.74, 6) is 1.80. The Labute approximate surface area is 150 Å². The van der Waals surface area contributed by atoms with Crippen LogP contribution in [0, 0.1) is 6.92 Å². The molecule has 0 saturated heterocycles. The molecule has 0 heterocycles. The van der Waals surface area contributed by atoms with Crippen molar-refractivity contribution in [2.24, 2.45) is 0 Å². The molecule has 2 rings (SSSR count). The van der Waals surface area contributed by atoms with Gasteiger partial charge in [-0.1, -0.05) is 29.8 Å². The van der Waals surface area contributed by atoms with E-state index in [1.807, 2.05) is 49.4 Å². The molecule has 134 valence electrons. The van der Waals surface area contributed by atoms with E-state index < -0.39 is 0 Å². The summed E-state index contributed by atoms with van der Waals surface area (Å²) in [5, 5.41) is 2.96. The van der Waals surface area contributed by atoms with E-state index in [1.54, 1.807) is 7.11 Å². The van der Waals surface area contributed by atoms with Gasteiger partial charge in [0.1, 0.15) is 11.5 Å². The minimum atomic E-state index is 0.0816. The number of nitrogens with one attached hydrogen (secondary N) is 1. The smallest absolute Gasteiger partial charge is 0.220 e. The van der Waals surface area contributed by atoms with Crippen LogP contribution >= 0.6 is 0 Å². The van der Waals surface area contributed by atoms with Gasteiger partial charge < -0.3 is 14.8 Å². The van der Waals surface area contributed by atoms with E-state index >= 15 is 0 Å². The third kappa shape index (κ3) is 7.29. The molecule has 0 radical (unpaired) electrons. The zero-order valence-electron chi connectivity index (χ0n) is 15.1. The molecular formula is C21H27NO3. The van der Waals surface area contributed by atoms with Crippen LogP contribution in [0.2, 0.25) is 0 Å². The van der Waals surface area contributed by atoms with Gasteiger partial charge in [-0.05, 0) is 56.0 Å². The molecule has 1 amide bonds. The van der Waals surface area contributed by atoms with Crippen LogP contribution in [0.4, 0.5) is 0 Å². The molecule has 0 aliphatic heterocycles. The van der Waals surface area contributed by atoms with Crippen molar-refractivity contribution in [3.05, 3.63) is 59.7 Å². The van der Waals surface area contributed by atoms with Crippen molar-refractivity contribution >= 4 is 5.91 Å². The van der Waals surface area contributed by atoms with Gasteiger partial charge in [0.05, 0.1) is 13.7 Å². The van der Waals surface area contributed by atoms with Gasteiger partial charge in [-0.25, -0.2) is 0 Å². The molecule has 25 heavy (non-hydrogen) atoms. The fraction of sp³-hybridized carbons (Fsp3) is 0.381. The summed E-state index contributed by atoms with van der Waals surface area (Å²) in [4.78, 5) is 11.8. The summed E-state index contributed by atoms with van der Waals surface area (Å²) in [7, 11) is 1.67. The SMILES string of the molecule is COc1cccc(CCCNC(=O)CCCOc2ccc(C)cc2)c1. The number of benzene rings is 2. The molecule has 0 aliphatic carbocycles. The quantitative estimate of drug-likeness (QED) is 0.667. The van der Waals surface area contributed by atoms with Gasteiger partial charge in [-0.15, -0.1) is 0 Å². The van der Waals surface area contributed by atoms with Crippen molar-refractivity contribution in [3.63, 3.8) is 0 Å². The topological polar surface area (TPSA) is 47.6 Å². The van der Waals surface area contributed by atoms with E-state index in [-0.39, 0.29) is 5.91 Å². The number of hydrogen-bond acceptors (Lipinski definition) is 3. The average molecular weight is 341 g/mol. The second-order valence-electron chi connectivity index (χ2n) is 6.07. The number of hydrogen-bond donors (Lipinski definition) is 1. The number of aryl methyl sites for hydroxylation is 2. The summed E-state index contributed by atoms with van der Waals surface area (Å²) < 4.78 is 10.8. The molecule has 0 saturated carbocycles. The number of methoxy groups -OCH3 is 1. The highest BCUT2D eigenvalue weighted by Gasteiger charge is 2.02. The maximum Gasteiger partial charge on any atom is 0.220 e. The molecule has 0 aliphatic rings. The maximum atomic E-state index is 11.8. The zero-order valence-corrected chi connectivity index (χ0v) is 15.1. The van der Waals surface area contributed by atoms with Gasteiger partial charge in [-0.3, -0.25) is 4.79 Å². The van der Waals surface area contributed by atoms with Crippen LogP contribution in [0.15, 0.2) is 48.5 Å². The van der Waals surface area contributed by atoms with E-state index in [2.05, 4.69) is 11.4 Å². The largest absolute Gasteiger partial charge is 0.497 e. The van der Waals surface area contributed by atoms with Gasteiger partial charge in [0.2, 0.25) is 5.91 Å². The molecule has 0 spiro atoms. The Bertz CT molecular complexity index is 652. The Balaban J connectivity index is 1.54. The summed E-state index contributed by atoms with van der Waals surface area (Å²) in [6.07, 6.45) is 3.05. The fourth-order valence-corrected chi connectivity index (χ4v) is 2.49. The lowest BCUT2D eigenvalue weighted by Gasteiger charge is -2.08. The van der Waals surface area contributed by atoms with E-state index in [0.29, 0.717) is 19.6 Å². The first kappa shape index (κ1) is 18.8. The third-order valence-electron chi connectivity index (χ3n) is 3.94. The molecule has 0 atom stereocenters. The Hall–Kier alpha value is -2.49. The van der Waals surface area contributed by atoms with Crippen LogP contribution in [-0.2, 0) is 11.2 Å². The highest BCUT2D eigenvalue weighted by Crippen LogP contribution is 2.14. The predicted octanol–water partition coefficient (Wildman–Crippen LogP) is 3.91. The second-order valence-corrected chi connectivity index (χ2v) is 6.07. The summed E-state index contributed by atoms with van der Waals surface area (Å²) in [5.41, 5.74) is 2.43. The van der Waals surface area contributed by atoms with Crippen LogP contribution in [-0.4, -0.2) is 26.2 Å². The predicted molar refractivity (Wildman–Crippen MR) is 100 cm³/mol. The van der Waals surface area contributed by atoms with E-state index in [1.165, 1.54) is 11.1 Å². The van der Waals surface area contributed by atoms with E-state index in [4.69, 9.17) is 9.47 Å². The van der Waals surface area contributed by atoms with E-state index in [0.717, 1.165) is 30.8 Å². The minimum absolute atomic E-state index is 0.0816. The van der Waals surface area contributed by atoms with Gasteiger partial charge in [0.15, 0.2) is 0 Å². The lowest BCUT2D eigenvalue weighted by atomic mass is 10.1. The van der Waals surface area contributed by atoms with Crippen LogP contribution in [0.1, 0.15) is 30.4 Å². The van der Waals surface area contributed by atoms with Crippen LogP contribution in [0.3, 0.4) is 0 Å². The molecule has 2 aromatic rings. The summed E-state index contributed by atoms with van der Waals surface area (Å²) in [6, 6.07) is 16.0. The molecule has 0 aromatic heterocycles. The van der Waals surface area contributed by atoms with Crippen molar-refractivity contribution in [1.29, 1.82) is 0 Å². The van der Waals surface area contributed by atoms with Crippen molar-refractivity contribution < 1.29 is 14.3 Å². The molecule has 0 unspecified atom stereocenters. The van der Waals surface area contributed by atoms with Crippen molar-refractivity contribution in [1.82, 2.24) is 5.32 Å². The van der Waals surface area contributed by atoms with Crippen molar-refractivity contribution in [2.75, 3.05) is 20.3 Å². The van der Waals surface area contributed by atoms with Crippen LogP contribution < -0.4 is 14.8 Å². The number of carbonyl (C=O) groups excluding carboxylic acids is 1. The Kier molecular flexibility index (Phi) is 7.83. The molecule has 4 nitrogen and oxygen atoms in total. The first-order valence-electron chi connectivity index (χ1n) is 8.76. The molecule has 0 fully saturated rings. The number of ether oxygens (including phenoxy) is 2. The Morgan fingerprint density at radius 2 is 1.84 bits per heavy atom. The minimum Gasteiger partial charge on any atom is -0.497 e. The fourth-order valence-electron chi connectivity index (χ4n) is 2.49. The number of carbonyl (C=O) groups is 1. The first-order chi connectivity index (χ1) is 12.2. The van der Waals surface area contributed by atoms with Crippen LogP contribution in [0.5, 0.6) is 11.5 Å². The Morgan fingerprint density at radius 3 is 2.60 bits per heavy atom. The average Bonchev–Trinajstić information content (AvgIpc) is 2.64. The number of amides is 1. The highest BCUT2D eigenvalue weighted by molar-refractivity contribution is 5.75. The number of rotatable bonds is 10. The molecule has 2 aromatic carbocycles. The lowest BCUT2D eigenvalue weighted by molar-refractivity contribution is -0.121. The van der Waals surface area contributed by atoms with Gasteiger partial charge in [-0.2, -0.15) is 0 Å². The molecule has 4 heteroatoms. The van der Waals surface area contributed by atoms with Gasteiger partial charge in [0, 0.05) is 13.0 Å². The highest BCUT2D eigenvalue weighted by atomic mass is 16.5. The van der Waals surface area contributed by atoms with Crippen LogP contribution in [0.25, 0.3) is 0 Å². The van der Waals surface area contributed by atoms with E-state index in [9.17, 15) is 4.79 Å². The second kappa shape index (κ2) is 10.4. The van der Waals surface area contributed by atoms with Gasteiger partial charge in [0.25, 0.3) is 0 Å². The maximum absolute atomic E-state index is 11.8. The van der Waals surface area contributed by atoms with Gasteiger partial charge >= 0.3 is 0 Å². The molecule has 0 bridgehead atoms. The summed E-state index contributed by atoms with van der Waals surface area (Å²) >= 11 is 0. The van der Waals surface area contributed by atoms with Crippen molar-refractivity contribution in [2.45, 2.75) is 32.6 Å².